The Bertz CT molecular complexity index is 599. The highest BCUT2D eigenvalue weighted by Crippen LogP contribution is 2.20. The molecule has 0 saturated carbocycles. The highest BCUT2D eigenvalue weighted by Gasteiger charge is 2.10. The lowest BCUT2D eigenvalue weighted by atomic mass is 10.2. The molecule has 0 heterocycles. The maximum absolute atomic E-state index is 11.9. The van der Waals surface area contributed by atoms with Gasteiger partial charge in [-0.1, -0.05) is 35.9 Å². The number of benzene rings is 2. The van der Waals surface area contributed by atoms with E-state index in [1.165, 1.54) is 0 Å². The summed E-state index contributed by atoms with van der Waals surface area (Å²) >= 11 is 5.93. The third-order valence-corrected chi connectivity index (χ3v) is 2.99. The molecule has 0 radical (unpaired) electrons. The van der Waals surface area contributed by atoms with Gasteiger partial charge >= 0.3 is 0 Å². The summed E-state index contributed by atoms with van der Waals surface area (Å²) in [6.45, 7) is 2.84. The molecule has 0 aromatic heterocycles. The van der Waals surface area contributed by atoms with Crippen LogP contribution in [0.25, 0.3) is 0 Å². The number of hydrogen-bond donors (Lipinski definition) is 1. The van der Waals surface area contributed by atoms with Crippen LogP contribution in [0.5, 0.6) is 5.75 Å². The fourth-order valence-corrected chi connectivity index (χ4v) is 2.04. The van der Waals surface area contributed by atoms with Crippen LogP contribution in [0.15, 0.2) is 48.5 Å². The van der Waals surface area contributed by atoms with Crippen molar-refractivity contribution >= 4 is 17.5 Å². The van der Waals surface area contributed by atoms with Crippen LogP contribution in [-0.2, 0) is 6.61 Å². The van der Waals surface area contributed by atoms with E-state index in [2.05, 4.69) is 5.32 Å². The van der Waals surface area contributed by atoms with Crippen molar-refractivity contribution in [3.8, 4) is 5.75 Å². The molecule has 0 unspecified atom stereocenters. The number of para-hydroxylation sites is 1. The summed E-state index contributed by atoms with van der Waals surface area (Å²) in [7, 11) is 0. The van der Waals surface area contributed by atoms with Crippen LogP contribution in [-0.4, -0.2) is 12.5 Å². The second-order valence-corrected chi connectivity index (χ2v) is 4.71. The van der Waals surface area contributed by atoms with Gasteiger partial charge in [-0.15, -0.1) is 0 Å². The molecule has 0 bridgehead atoms. The van der Waals surface area contributed by atoms with Gasteiger partial charge in [0.05, 0.1) is 5.56 Å². The van der Waals surface area contributed by atoms with Gasteiger partial charge in [0.2, 0.25) is 0 Å². The predicted molar refractivity (Wildman–Crippen MR) is 80.2 cm³/mol. The SMILES string of the molecule is CCNC(=O)c1ccccc1OCc1cccc(Cl)c1. The number of amides is 1. The lowest BCUT2D eigenvalue weighted by Gasteiger charge is -2.11. The maximum atomic E-state index is 11.9. The summed E-state index contributed by atoms with van der Waals surface area (Å²) in [6.07, 6.45) is 0. The quantitative estimate of drug-likeness (QED) is 0.912. The Morgan fingerprint density at radius 1 is 1.20 bits per heavy atom. The summed E-state index contributed by atoms with van der Waals surface area (Å²) in [5.74, 6) is 0.438. The molecule has 0 fully saturated rings. The number of carbonyl (C=O) groups is 1. The third kappa shape index (κ3) is 3.75. The van der Waals surface area contributed by atoms with Crippen molar-refractivity contribution in [3.05, 3.63) is 64.7 Å². The Labute approximate surface area is 123 Å². The second-order valence-electron chi connectivity index (χ2n) is 4.27. The molecule has 0 spiro atoms. The number of rotatable bonds is 5. The maximum Gasteiger partial charge on any atom is 0.255 e. The van der Waals surface area contributed by atoms with Crippen LogP contribution in [0.1, 0.15) is 22.8 Å². The molecule has 2 rings (SSSR count). The first kappa shape index (κ1) is 14.4. The van der Waals surface area contributed by atoms with E-state index in [0.29, 0.717) is 29.5 Å². The van der Waals surface area contributed by atoms with E-state index >= 15 is 0 Å². The van der Waals surface area contributed by atoms with Crippen LogP contribution in [0.3, 0.4) is 0 Å². The molecule has 0 aliphatic heterocycles. The van der Waals surface area contributed by atoms with Crippen molar-refractivity contribution < 1.29 is 9.53 Å². The normalized spacial score (nSPS) is 10.1. The minimum absolute atomic E-state index is 0.130. The van der Waals surface area contributed by atoms with E-state index in [1.807, 2.05) is 43.3 Å². The molecule has 0 aliphatic rings. The van der Waals surface area contributed by atoms with Gasteiger partial charge in [-0.25, -0.2) is 0 Å². The number of ether oxygens (including phenoxy) is 1. The Hall–Kier alpha value is -2.00. The fourth-order valence-electron chi connectivity index (χ4n) is 1.82. The number of nitrogens with one attached hydrogen (secondary N) is 1. The van der Waals surface area contributed by atoms with Gasteiger partial charge in [0.1, 0.15) is 12.4 Å². The molecule has 1 amide bonds. The summed E-state index contributed by atoms with van der Waals surface area (Å²) < 4.78 is 5.73. The standard InChI is InChI=1S/C16H16ClNO2/c1-2-18-16(19)14-8-3-4-9-15(14)20-11-12-6-5-7-13(17)10-12/h3-10H,2,11H2,1H3,(H,18,19). The molecule has 2 aromatic rings. The summed E-state index contributed by atoms with van der Waals surface area (Å²) in [5.41, 5.74) is 1.50. The van der Waals surface area contributed by atoms with E-state index in [9.17, 15) is 4.79 Å². The summed E-state index contributed by atoms with van der Waals surface area (Å²) in [6, 6.07) is 14.7. The first-order valence-electron chi connectivity index (χ1n) is 6.45. The number of hydrogen-bond acceptors (Lipinski definition) is 2. The average molecular weight is 290 g/mol. The zero-order valence-corrected chi connectivity index (χ0v) is 12.0. The molecule has 1 N–H and O–H groups in total. The number of carbonyl (C=O) groups excluding carboxylic acids is 1. The van der Waals surface area contributed by atoms with Gasteiger partial charge < -0.3 is 10.1 Å². The molecular formula is C16H16ClNO2. The van der Waals surface area contributed by atoms with Crippen LogP contribution >= 0.6 is 11.6 Å². The minimum atomic E-state index is -0.130. The van der Waals surface area contributed by atoms with Crippen LogP contribution < -0.4 is 10.1 Å². The van der Waals surface area contributed by atoms with E-state index in [-0.39, 0.29) is 5.91 Å². The van der Waals surface area contributed by atoms with E-state index in [0.717, 1.165) is 5.56 Å². The molecule has 0 atom stereocenters. The van der Waals surface area contributed by atoms with Crippen LogP contribution in [0.2, 0.25) is 5.02 Å². The molecule has 0 aliphatic carbocycles. The molecule has 20 heavy (non-hydrogen) atoms. The fraction of sp³-hybridized carbons (Fsp3) is 0.188. The molecule has 2 aromatic carbocycles. The lowest BCUT2D eigenvalue weighted by Crippen LogP contribution is -2.23. The van der Waals surface area contributed by atoms with Crippen molar-refractivity contribution in [2.45, 2.75) is 13.5 Å². The monoisotopic (exact) mass is 289 g/mol. The van der Waals surface area contributed by atoms with Crippen molar-refractivity contribution in [3.63, 3.8) is 0 Å². The highest BCUT2D eigenvalue weighted by molar-refractivity contribution is 6.30. The van der Waals surface area contributed by atoms with Gasteiger partial charge in [-0.2, -0.15) is 0 Å². The van der Waals surface area contributed by atoms with E-state index < -0.39 is 0 Å². The van der Waals surface area contributed by atoms with Crippen molar-refractivity contribution in [1.29, 1.82) is 0 Å². The zero-order chi connectivity index (χ0) is 14.4. The second kappa shape index (κ2) is 6.96. The van der Waals surface area contributed by atoms with Gasteiger partial charge in [0, 0.05) is 11.6 Å². The van der Waals surface area contributed by atoms with Crippen LogP contribution in [0.4, 0.5) is 0 Å². The summed E-state index contributed by atoms with van der Waals surface area (Å²) in [5, 5.41) is 3.44. The van der Waals surface area contributed by atoms with Gasteiger partial charge in [-0.3, -0.25) is 4.79 Å². The van der Waals surface area contributed by atoms with Crippen LogP contribution in [0, 0.1) is 0 Å². The Balaban J connectivity index is 2.11. The van der Waals surface area contributed by atoms with Gasteiger partial charge in [0.15, 0.2) is 0 Å². The highest BCUT2D eigenvalue weighted by atomic mass is 35.5. The molecule has 3 nitrogen and oxygen atoms in total. The largest absolute Gasteiger partial charge is 0.488 e. The Kier molecular flexibility index (Phi) is 5.02. The van der Waals surface area contributed by atoms with Crippen molar-refractivity contribution in [2.75, 3.05) is 6.54 Å². The Morgan fingerprint density at radius 2 is 2.00 bits per heavy atom. The topological polar surface area (TPSA) is 38.3 Å². The first-order chi connectivity index (χ1) is 9.70. The molecule has 4 heteroatoms. The zero-order valence-electron chi connectivity index (χ0n) is 11.2. The van der Waals surface area contributed by atoms with Crippen molar-refractivity contribution in [2.24, 2.45) is 0 Å². The smallest absolute Gasteiger partial charge is 0.255 e. The van der Waals surface area contributed by atoms with Crippen molar-refractivity contribution in [1.82, 2.24) is 5.32 Å². The molecule has 104 valence electrons. The Morgan fingerprint density at radius 3 is 2.75 bits per heavy atom. The third-order valence-electron chi connectivity index (χ3n) is 2.75. The molecule has 0 saturated heterocycles. The first-order valence-corrected chi connectivity index (χ1v) is 6.83. The minimum Gasteiger partial charge on any atom is -0.488 e. The molecular weight excluding hydrogens is 274 g/mol. The van der Waals surface area contributed by atoms with Gasteiger partial charge in [0.25, 0.3) is 5.91 Å². The predicted octanol–water partition coefficient (Wildman–Crippen LogP) is 3.67. The number of halogens is 1. The average Bonchev–Trinajstić information content (AvgIpc) is 2.46. The van der Waals surface area contributed by atoms with E-state index in [4.69, 9.17) is 16.3 Å². The summed E-state index contributed by atoms with van der Waals surface area (Å²) in [4.78, 5) is 11.9. The lowest BCUT2D eigenvalue weighted by molar-refractivity contribution is 0.0951. The van der Waals surface area contributed by atoms with Gasteiger partial charge in [-0.05, 0) is 36.8 Å². The van der Waals surface area contributed by atoms with E-state index in [1.54, 1.807) is 12.1 Å².